The largest absolute Gasteiger partial charge is 0.332 e. The van der Waals surface area contributed by atoms with Crippen LogP contribution in [-0.4, -0.2) is 8.42 Å². The third kappa shape index (κ3) is 4.27. The maximum atomic E-state index is 14.0. The van der Waals surface area contributed by atoms with Crippen molar-refractivity contribution in [3.8, 4) is 0 Å². The molecule has 0 heterocycles. The summed E-state index contributed by atoms with van der Waals surface area (Å²) < 4.78 is 37.6. The molecule has 0 unspecified atom stereocenters. The van der Waals surface area contributed by atoms with Gasteiger partial charge in [0, 0.05) is 15.3 Å². The molecule has 0 aromatic heterocycles. The summed E-state index contributed by atoms with van der Waals surface area (Å²) in [5, 5.41) is 3.29. The quantitative estimate of drug-likeness (QED) is 0.446. The Labute approximate surface area is 163 Å². The molecule has 0 fully saturated rings. The first kappa shape index (κ1) is 19.3. The summed E-state index contributed by atoms with van der Waals surface area (Å²) in [4.78, 5) is -0.298. The van der Waals surface area contributed by atoms with Gasteiger partial charge >= 0.3 is 10.2 Å². The average molecular weight is 427 g/mol. The molecule has 3 aromatic rings. The lowest BCUT2D eigenvalue weighted by Crippen LogP contribution is -2.24. The van der Waals surface area contributed by atoms with Gasteiger partial charge < -0.3 is 0 Å². The molecule has 0 N–H and O–H groups in total. The van der Waals surface area contributed by atoms with Crippen LogP contribution in [0.2, 0.25) is 10.0 Å². The zero-order valence-corrected chi connectivity index (χ0v) is 16.9. The Morgan fingerprint density at radius 2 is 1.27 bits per heavy atom. The minimum atomic E-state index is -4.87. The van der Waals surface area contributed by atoms with Gasteiger partial charge in [-0.2, -0.15) is 8.42 Å². The van der Waals surface area contributed by atoms with Crippen LogP contribution in [0, 0.1) is 6.92 Å². The fourth-order valence-corrected chi connectivity index (χ4v) is 6.36. The van der Waals surface area contributed by atoms with E-state index in [4.69, 9.17) is 23.2 Å². The molecule has 7 heteroatoms. The van der Waals surface area contributed by atoms with Gasteiger partial charge in [-0.1, -0.05) is 59.6 Å². The topological polar surface area (TPSA) is 34.1 Å². The van der Waals surface area contributed by atoms with E-state index in [0.29, 0.717) is 20.9 Å². The van der Waals surface area contributed by atoms with Crippen molar-refractivity contribution in [1.29, 1.82) is 0 Å². The van der Waals surface area contributed by atoms with Gasteiger partial charge in [-0.15, -0.1) is 3.89 Å². The third-order valence-corrected chi connectivity index (χ3v) is 7.81. The number of hydrogen-bond acceptors (Lipinski definition) is 2. The van der Waals surface area contributed by atoms with E-state index in [1.165, 1.54) is 6.07 Å². The van der Waals surface area contributed by atoms with Crippen molar-refractivity contribution in [1.82, 2.24) is 0 Å². The van der Waals surface area contributed by atoms with Crippen LogP contribution >= 0.6 is 31.1 Å². The van der Waals surface area contributed by atoms with Gasteiger partial charge in [0.2, 0.25) is 0 Å². The number of hydrogen-bond donors (Lipinski definition) is 0. The monoisotopic (exact) mass is 426 g/mol. The summed E-state index contributed by atoms with van der Waals surface area (Å²) in [6.45, 7) is 1.73. The molecule has 0 spiro atoms. The van der Waals surface area contributed by atoms with Crippen LogP contribution in [0.25, 0.3) is 0 Å². The SMILES string of the molecule is Cc1ccc(P(c2ccc(Cl)cc2)c2ccc(Cl)cc2)c(S(=O)(=O)F)c1. The molecular weight excluding hydrogens is 413 g/mol. The van der Waals surface area contributed by atoms with Crippen molar-refractivity contribution < 1.29 is 12.3 Å². The summed E-state index contributed by atoms with van der Waals surface area (Å²) in [6.07, 6.45) is 0. The molecule has 0 bridgehead atoms. The Bertz CT molecular complexity index is 991. The Hall–Kier alpha value is -1.45. The van der Waals surface area contributed by atoms with E-state index in [1.807, 2.05) is 24.3 Å². The zero-order chi connectivity index (χ0) is 18.9. The average Bonchev–Trinajstić information content (AvgIpc) is 2.59. The molecule has 0 aliphatic carbocycles. The van der Waals surface area contributed by atoms with Gasteiger partial charge in [0.15, 0.2) is 0 Å². The standard InChI is InChI=1S/C19H14Cl2FO2PS/c1-13-2-11-18(19(12-13)26(22,23)24)25(16-7-3-14(20)4-8-16)17-9-5-15(21)6-10-17/h2-12H,1H3. The van der Waals surface area contributed by atoms with Crippen LogP contribution in [0.1, 0.15) is 5.56 Å². The van der Waals surface area contributed by atoms with Gasteiger partial charge in [-0.25, -0.2) is 0 Å². The number of aryl methyl sites for hydroxylation is 1. The van der Waals surface area contributed by atoms with Crippen LogP contribution in [0.15, 0.2) is 71.6 Å². The van der Waals surface area contributed by atoms with Crippen molar-refractivity contribution in [3.63, 3.8) is 0 Å². The first-order valence-electron chi connectivity index (χ1n) is 7.62. The molecule has 2 nitrogen and oxygen atoms in total. The molecule has 26 heavy (non-hydrogen) atoms. The van der Waals surface area contributed by atoms with Crippen molar-refractivity contribution >= 4 is 57.3 Å². The first-order valence-corrected chi connectivity index (χ1v) is 11.1. The lowest BCUT2D eigenvalue weighted by Gasteiger charge is -2.21. The second kappa shape index (κ2) is 7.66. The number of rotatable bonds is 4. The van der Waals surface area contributed by atoms with Crippen LogP contribution in [0.3, 0.4) is 0 Å². The molecule has 0 amide bonds. The number of halogens is 3. The van der Waals surface area contributed by atoms with E-state index in [1.54, 1.807) is 43.3 Å². The van der Waals surface area contributed by atoms with E-state index < -0.39 is 18.1 Å². The van der Waals surface area contributed by atoms with Crippen molar-refractivity contribution in [2.45, 2.75) is 11.8 Å². The van der Waals surface area contributed by atoms with E-state index in [0.717, 1.165) is 10.6 Å². The summed E-state index contributed by atoms with van der Waals surface area (Å²) in [6, 6.07) is 19.1. The maximum absolute atomic E-state index is 14.0. The van der Waals surface area contributed by atoms with Crippen LogP contribution in [0.4, 0.5) is 3.89 Å². The molecular formula is C19H14Cl2FO2PS. The smallest absolute Gasteiger partial charge is 0.189 e. The second-order valence-corrected chi connectivity index (χ2v) is 10.1. The lowest BCUT2D eigenvalue weighted by atomic mass is 10.2. The molecule has 0 radical (unpaired) electrons. The van der Waals surface area contributed by atoms with E-state index in [-0.39, 0.29) is 4.90 Å². The molecule has 134 valence electrons. The van der Waals surface area contributed by atoms with Gasteiger partial charge in [0.05, 0.1) is 0 Å². The normalized spacial score (nSPS) is 11.7. The highest BCUT2D eigenvalue weighted by atomic mass is 35.5. The molecule has 0 atom stereocenters. The second-order valence-electron chi connectivity index (χ2n) is 5.70. The highest BCUT2D eigenvalue weighted by Gasteiger charge is 2.26. The summed E-state index contributed by atoms with van der Waals surface area (Å²) >= 11 is 12.0. The van der Waals surface area contributed by atoms with E-state index in [9.17, 15) is 12.3 Å². The Kier molecular flexibility index (Phi) is 5.69. The number of benzene rings is 3. The van der Waals surface area contributed by atoms with E-state index in [2.05, 4.69) is 0 Å². The maximum Gasteiger partial charge on any atom is 0.332 e. The predicted molar refractivity (Wildman–Crippen MR) is 108 cm³/mol. The Morgan fingerprint density at radius 1 is 0.808 bits per heavy atom. The molecule has 0 saturated carbocycles. The predicted octanol–water partition coefficient (Wildman–Crippen LogP) is 4.72. The fourth-order valence-electron chi connectivity index (χ4n) is 2.61. The summed E-state index contributed by atoms with van der Waals surface area (Å²) in [5.74, 6) is 0. The minimum absolute atomic E-state index is 0.298. The first-order chi connectivity index (χ1) is 12.3. The van der Waals surface area contributed by atoms with Gasteiger partial charge in [0.25, 0.3) is 0 Å². The van der Waals surface area contributed by atoms with Crippen LogP contribution in [0.5, 0.6) is 0 Å². The van der Waals surface area contributed by atoms with Gasteiger partial charge in [-0.05, 0) is 61.3 Å². The van der Waals surface area contributed by atoms with Crippen molar-refractivity contribution in [2.75, 3.05) is 0 Å². The highest BCUT2D eigenvalue weighted by molar-refractivity contribution is 7.88. The lowest BCUT2D eigenvalue weighted by molar-refractivity contribution is 0.552. The van der Waals surface area contributed by atoms with Crippen molar-refractivity contribution in [3.05, 3.63) is 82.3 Å². The molecule has 3 rings (SSSR count). The van der Waals surface area contributed by atoms with Gasteiger partial charge in [-0.3, -0.25) is 0 Å². The van der Waals surface area contributed by atoms with Crippen LogP contribution < -0.4 is 15.9 Å². The molecule has 0 aliphatic rings. The molecule has 0 aliphatic heterocycles. The molecule has 3 aromatic carbocycles. The Morgan fingerprint density at radius 3 is 1.69 bits per heavy atom. The molecule has 0 saturated heterocycles. The summed E-state index contributed by atoms with van der Waals surface area (Å²) in [7, 11) is -6.17. The Balaban J connectivity index is 2.28. The highest BCUT2D eigenvalue weighted by Crippen LogP contribution is 2.36. The fraction of sp³-hybridized carbons (Fsp3) is 0.0526. The van der Waals surface area contributed by atoms with Crippen LogP contribution in [-0.2, 0) is 10.2 Å². The third-order valence-electron chi connectivity index (χ3n) is 3.79. The minimum Gasteiger partial charge on any atom is -0.189 e. The van der Waals surface area contributed by atoms with Gasteiger partial charge in [0.1, 0.15) is 4.90 Å². The van der Waals surface area contributed by atoms with E-state index >= 15 is 0 Å². The summed E-state index contributed by atoms with van der Waals surface area (Å²) in [5.41, 5.74) is 0.673. The van der Waals surface area contributed by atoms with Crippen molar-refractivity contribution in [2.24, 2.45) is 0 Å². The zero-order valence-electron chi connectivity index (χ0n) is 13.7.